The number of rotatable bonds is 7. The highest BCUT2D eigenvalue weighted by Gasteiger charge is 2.08. The Hall–Kier alpha value is -1.51. The molecule has 0 saturated carbocycles. The van der Waals surface area contributed by atoms with Gasteiger partial charge in [0.1, 0.15) is 12.4 Å². The number of halogens is 1. The van der Waals surface area contributed by atoms with Gasteiger partial charge in [-0.2, -0.15) is 0 Å². The molecule has 1 N–H and O–H groups in total. The smallest absolute Gasteiger partial charge is 0.124 e. The lowest BCUT2D eigenvalue weighted by molar-refractivity contribution is 0.348. The summed E-state index contributed by atoms with van der Waals surface area (Å²) in [4.78, 5) is 0. The van der Waals surface area contributed by atoms with Gasteiger partial charge in [-0.1, -0.05) is 48.9 Å². The number of hydrogen-bond donors (Lipinski definition) is 1. The molecule has 0 spiro atoms. The fourth-order valence-corrected chi connectivity index (χ4v) is 2.31. The second-order valence-electron chi connectivity index (χ2n) is 5.18. The van der Waals surface area contributed by atoms with Gasteiger partial charge >= 0.3 is 0 Å². The number of hydrogen-bond acceptors (Lipinski definition) is 2. The van der Waals surface area contributed by atoms with Crippen molar-refractivity contribution in [1.82, 2.24) is 5.32 Å². The third-order valence-corrected chi connectivity index (χ3v) is 3.74. The maximum absolute atomic E-state index is 5.94. The molecule has 0 atom stereocenters. The lowest BCUT2D eigenvalue weighted by Gasteiger charge is -2.15. The Balaban J connectivity index is 2.31. The first kappa shape index (κ1) is 15.9. The molecule has 2 aromatic carbocycles. The van der Waals surface area contributed by atoms with Crippen LogP contribution in [-0.4, -0.2) is 13.2 Å². The molecule has 0 aromatic heterocycles. The number of fused-ring (bicyclic) bond motifs is 1. The maximum Gasteiger partial charge on any atom is 0.124 e. The molecule has 0 bridgehead atoms. The zero-order chi connectivity index (χ0) is 15.1. The molecule has 2 rings (SSSR count). The van der Waals surface area contributed by atoms with Crippen molar-refractivity contribution in [3.8, 4) is 5.75 Å². The van der Waals surface area contributed by atoms with Crippen LogP contribution in [0.1, 0.15) is 25.8 Å². The summed E-state index contributed by atoms with van der Waals surface area (Å²) in [5.41, 5.74) is 3.79. The zero-order valence-corrected chi connectivity index (χ0v) is 13.4. The van der Waals surface area contributed by atoms with E-state index in [-0.39, 0.29) is 0 Å². The average Bonchev–Trinajstić information content (AvgIpc) is 2.53. The van der Waals surface area contributed by atoms with Crippen LogP contribution < -0.4 is 10.1 Å². The van der Waals surface area contributed by atoms with Crippen molar-refractivity contribution in [2.75, 3.05) is 13.2 Å². The molecule has 0 aliphatic heterocycles. The predicted molar refractivity (Wildman–Crippen MR) is 91.1 cm³/mol. The second-order valence-corrected chi connectivity index (χ2v) is 5.40. The van der Waals surface area contributed by atoms with E-state index in [9.17, 15) is 0 Å². The Labute approximate surface area is 131 Å². The van der Waals surface area contributed by atoms with E-state index in [1.165, 1.54) is 16.3 Å². The van der Waals surface area contributed by atoms with Crippen LogP contribution in [0, 0.1) is 0 Å². The van der Waals surface area contributed by atoms with E-state index in [0.29, 0.717) is 6.61 Å². The number of ether oxygens (including phenoxy) is 1. The molecule has 0 aliphatic rings. The Morgan fingerprint density at radius 3 is 2.81 bits per heavy atom. The minimum atomic E-state index is 0.516. The van der Waals surface area contributed by atoms with Gasteiger partial charge in [-0.15, -0.1) is 0 Å². The summed E-state index contributed by atoms with van der Waals surface area (Å²) >= 11 is 5.70. The summed E-state index contributed by atoms with van der Waals surface area (Å²) in [6.07, 6.45) is 1.12. The van der Waals surface area contributed by atoms with Crippen molar-refractivity contribution in [2.45, 2.75) is 26.8 Å². The first-order valence-corrected chi connectivity index (χ1v) is 7.80. The topological polar surface area (TPSA) is 21.3 Å². The van der Waals surface area contributed by atoms with E-state index in [1.54, 1.807) is 5.54 Å². The molecule has 2 nitrogen and oxygen atoms in total. The molecule has 21 heavy (non-hydrogen) atoms. The summed E-state index contributed by atoms with van der Waals surface area (Å²) in [5, 5.41) is 5.95. The molecule has 0 radical (unpaired) electrons. The molecule has 3 heteroatoms. The highest BCUT2D eigenvalue weighted by molar-refractivity contribution is 6.25. The van der Waals surface area contributed by atoms with Crippen LogP contribution in [0.4, 0.5) is 0 Å². The highest BCUT2D eigenvalue weighted by atomic mass is 35.5. The summed E-state index contributed by atoms with van der Waals surface area (Å²) in [6.45, 7) is 6.46. The monoisotopic (exact) mass is 303 g/mol. The van der Waals surface area contributed by atoms with Crippen molar-refractivity contribution >= 4 is 22.4 Å². The first-order valence-electron chi connectivity index (χ1n) is 7.36. The average molecular weight is 304 g/mol. The normalized spacial score (nSPS) is 11.9. The van der Waals surface area contributed by atoms with Crippen LogP contribution in [-0.2, 0) is 6.54 Å². The second kappa shape index (κ2) is 8.06. The van der Waals surface area contributed by atoms with E-state index in [1.807, 2.05) is 13.0 Å². The summed E-state index contributed by atoms with van der Waals surface area (Å²) in [6, 6.07) is 12.6. The van der Waals surface area contributed by atoms with E-state index in [2.05, 4.69) is 42.6 Å². The van der Waals surface area contributed by atoms with Gasteiger partial charge in [-0.05, 0) is 42.3 Å². The van der Waals surface area contributed by atoms with Crippen LogP contribution >= 0.6 is 11.6 Å². The third kappa shape index (κ3) is 4.23. The van der Waals surface area contributed by atoms with Crippen LogP contribution in [0.3, 0.4) is 0 Å². The van der Waals surface area contributed by atoms with Gasteiger partial charge in [0.05, 0.1) is 0 Å². The summed E-state index contributed by atoms with van der Waals surface area (Å²) < 4.78 is 5.94. The molecule has 0 aliphatic carbocycles. The molecular formula is C18H22ClNO. The van der Waals surface area contributed by atoms with E-state index < -0.39 is 0 Å². The van der Waals surface area contributed by atoms with Gasteiger partial charge in [-0.3, -0.25) is 0 Å². The van der Waals surface area contributed by atoms with Gasteiger partial charge in [-0.25, -0.2) is 0 Å². The summed E-state index contributed by atoms with van der Waals surface area (Å²) in [7, 11) is 0. The highest BCUT2D eigenvalue weighted by Crippen LogP contribution is 2.28. The van der Waals surface area contributed by atoms with Gasteiger partial charge in [0.15, 0.2) is 0 Å². The molecule has 2 aromatic rings. The van der Waals surface area contributed by atoms with Crippen LogP contribution in [0.2, 0.25) is 0 Å². The number of nitrogens with one attached hydrogen (secondary N) is 1. The van der Waals surface area contributed by atoms with Crippen molar-refractivity contribution in [2.24, 2.45) is 0 Å². The summed E-state index contributed by atoms with van der Waals surface area (Å²) in [5.74, 6) is 0.926. The fraction of sp³-hybridized carbons (Fsp3) is 0.333. The van der Waals surface area contributed by atoms with Gasteiger partial charge in [0.25, 0.3) is 0 Å². The molecule has 0 heterocycles. The molecule has 0 amide bonds. The quantitative estimate of drug-likeness (QED) is 0.737. The third-order valence-electron chi connectivity index (χ3n) is 3.37. The van der Waals surface area contributed by atoms with E-state index in [0.717, 1.165) is 30.8 Å². The Morgan fingerprint density at radius 2 is 2.05 bits per heavy atom. The van der Waals surface area contributed by atoms with Gasteiger partial charge < -0.3 is 10.1 Å². The fourth-order valence-electron chi connectivity index (χ4n) is 2.25. The van der Waals surface area contributed by atoms with Crippen LogP contribution in [0.25, 0.3) is 10.8 Å². The maximum atomic E-state index is 5.94. The Kier molecular flexibility index (Phi) is 6.09. The Morgan fingerprint density at radius 1 is 1.24 bits per heavy atom. The lowest BCUT2D eigenvalue weighted by atomic mass is 10.0. The molecule has 0 unspecified atom stereocenters. The zero-order valence-electron chi connectivity index (χ0n) is 12.7. The van der Waals surface area contributed by atoms with Crippen molar-refractivity contribution in [1.29, 1.82) is 0 Å². The molecule has 0 fully saturated rings. The largest absolute Gasteiger partial charge is 0.489 e. The molecule has 0 saturated heterocycles. The minimum absolute atomic E-state index is 0.516. The van der Waals surface area contributed by atoms with Crippen molar-refractivity contribution in [3.63, 3.8) is 0 Å². The van der Waals surface area contributed by atoms with Gasteiger partial charge in [0.2, 0.25) is 0 Å². The lowest BCUT2D eigenvalue weighted by Crippen LogP contribution is -2.15. The van der Waals surface area contributed by atoms with E-state index >= 15 is 0 Å². The number of benzene rings is 2. The molecular weight excluding hydrogens is 282 g/mol. The van der Waals surface area contributed by atoms with Crippen molar-refractivity contribution in [3.05, 3.63) is 53.1 Å². The van der Waals surface area contributed by atoms with E-state index in [4.69, 9.17) is 16.3 Å². The first-order chi connectivity index (χ1) is 10.3. The predicted octanol–water partition coefficient (Wildman–Crippen LogP) is 4.86. The SMILES string of the molecule is CCCNCc1c(OC/C(C)=C/Cl)ccc2ccccc12. The van der Waals surface area contributed by atoms with Crippen LogP contribution in [0.15, 0.2) is 47.5 Å². The Bertz CT molecular complexity index is 622. The van der Waals surface area contributed by atoms with Crippen LogP contribution in [0.5, 0.6) is 5.75 Å². The van der Waals surface area contributed by atoms with Crippen molar-refractivity contribution < 1.29 is 4.74 Å². The standard InChI is InChI=1S/C18H22ClNO/c1-3-10-20-12-17-16-7-5-4-6-15(16)8-9-18(17)21-13-14(2)11-19/h4-9,11,20H,3,10,12-13H2,1-2H3/b14-11+. The molecule has 112 valence electrons. The minimum Gasteiger partial charge on any atom is -0.489 e. The van der Waals surface area contributed by atoms with Gasteiger partial charge in [0, 0.05) is 17.6 Å².